The number of benzene rings is 2. The van der Waals surface area contributed by atoms with Crippen LogP contribution in [0.4, 0.5) is 0 Å². The van der Waals surface area contributed by atoms with Crippen molar-refractivity contribution in [2.45, 2.75) is 27.4 Å². The van der Waals surface area contributed by atoms with Crippen molar-refractivity contribution in [3.05, 3.63) is 59.2 Å². The summed E-state index contributed by atoms with van der Waals surface area (Å²) in [5, 5.41) is 0. The van der Waals surface area contributed by atoms with Gasteiger partial charge in [0.15, 0.2) is 11.5 Å². The maximum Gasteiger partial charge on any atom is 0.161 e. The third kappa shape index (κ3) is 3.50. The van der Waals surface area contributed by atoms with E-state index in [1.165, 1.54) is 11.1 Å². The summed E-state index contributed by atoms with van der Waals surface area (Å²) in [6, 6.07) is 14.2. The van der Waals surface area contributed by atoms with Gasteiger partial charge in [-0.05, 0) is 49.6 Å². The lowest BCUT2D eigenvalue weighted by Gasteiger charge is -2.14. The molecule has 2 aromatic rings. The molecule has 2 aromatic carbocycles. The zero-order chi connectivity index (χ0) is 13.7. The third-order valence-corrected chi connectivity index (χ3v) is 3.10. The molecule has 19 heavy (non-hydrogen) atoms. The van der Waals surface area contributed by atoms with E-state index >= 15 is 0 Å². The molecule has 0 saturated carbocycles. The molecule has 0 bridgehead atoms. The first-order valence-electron chi connectivity index (χ1n) is 6.61. The van der Waals surface area contributed by atoms with Crippen molar-refractivity contribution in [1.82, 2.24) is 0 Å². The van der Waals surface area contributed by atoms with Crippen LogP contribution in [0.2, 0.25) is 0 Å². The van der Waals surface area contributed by atoms with E-state index in [2.05, 4.69) is 26.0 Å². The zero-order valence-electron chi connectivity index (χ0n) is 11.8. The van der Waals surface area contributed by atoms with Gasteiger partial charge >= 0.3 is 0 Å². The fourth-order valence-electron chi connectivity index (χ4n) is 1.88. The number of hydrogen-bond donors (Lipinski definition) is 0. The van der Waals surface area contributed by atoms with Crippen LogP contribution in [0, 0.1) is 13.8 Å². The summed E-state index contributed by atoms with van der Waals surface area (Å²) in [5.41, 5.74) is 3.59. The Hall–Kier alpha value is -1.96. The highest BCUT2D eigenvalue weighted by atomic mass is 16.5. The van der Waals surface area contributed by atoms with Gasteiger partial charge in [0.25, 0.3) is 0 Å². The van der Waals surface area contributed by atoms with Crippen molar-refractivity contribution in [2.24, 2.45) is 0 Å². The van der Waals surface area contributed by atoms with Crippen LogP contribution in [-0.2, 0) is 6.61 Å². The normalized spacial score (nSPS) is 10.3. The first-order valence-corrected chi connectivity index (χ1v) is 6.61. The quantitative estimate of drug-likeness (QED) is 0.795. The van der Waals surface area contributed by atoms with Crippen molar-refractivity contribution >= 4 is 0 Å². The Kier molecular flexibility index (Phi) is 4.45. The van der Waals surface area contributed by atoms with Crippen LogP contribution < -0.4 is 9.47 Å². The second-order valence-electron chi connectivity index (χ2n) is 4.59. The Morgan fingerprint density at radius 1 is 0.842 bits per heavy atom. The number of aryl methyl sites for hydroxylation is 2. The molecule has 0 N–H and O–H groups in total. The van der Waals surface area contributed by atoms with Crippen LogP contribution in [0.3, 0.4) is 0 Å². The van der Waals surface area contributed by atoms with Gasteiger partial charge in [0.05, 0.1) is 6.61 Å². The largest absolute Gasteiger partial charge is 0.490 e. The highest BCUT2D eigenvalue weighted by Gasteiger charge is 2.08. The summed E-state index contributed by atoms with van der Waals surface area (Å²) < 4.78 is 11.5. The van der Waals surface area contributed by atoms with Gasteiger partial charge in [-0.3, -0.25) is 0 Å². The molecule has 2 heteroatoms. The van der Waals surface area contributed by atoms with Crippen LogP contribution in [0.25, 0.3) is 0 Å². The minimum atomic E-state index is 0.559. The molecule has 0 spiro atoms. The summed E-state index contributed by atoms with van der Waals surface area (Å²) in [6.07, 6.45) is 0. The molecular weight excluding hydrogens is 236 g/mol. The van der Waals surface area contributed by atoms with E-state index in [4.69, 9.17) is 9.47 Å². The zero-order valence-corrected chi connectivity index (χ0v) is 11.8. The maximum atomic E-state index is 5.89. The predicted molar refractivity (Wildman–Crippen MR) is 77.9 cm³/mol. The minimum absolute atomic E-state index is 0.559. The lowest BCUT2D eigenvalue weighted by molar-refractivity contribution is 0.269. The molecule has 0 unspecified atom stereocenters. The molecule has 0 atom stereocenters. The van der Waals surface area contributed by atoms with E-state index in [-0.39, 0.29) is 0 Å². The maximum absolute atomic E-state index is 5.89. The molecule has 0 amide bonds. The lowest BCUT2D eigenvalue weighted by Crippen LogP contribution is -2.00. The fraction of sp³-hybridized carbons (Fsp3) is 0.294. The summed E-state index contributed by atoms with van der Waals surface area (Å²) >= 11 is 0. The van der Waals surface area contributed by atoms with Crippen molar-refractivity contribution < 1.29 is 9.47 Å². The van der Waals surface area contributed by atoms with Crippen LogP contribution in [0.15, 0.2) is 42.5 Å². The average molecular weight is 256 g/mol. The lowest BCUT2D eigenvalue weighted by atomic mass is 10.1. The summed E-state index contributed by atoms with van der Waals surface area (Å²) in [4.78, 5) is 0. The van der Waals surface area contributed by atoms with Gasteiger partial charge in [-0.2, -0.15) is 0 Å². The van der Waals surface area contributed by atoms with Crippen molar-refractivity contribution in [3.63, 3.8) is 0 Å². The van der Waals surface area contributed by atoms with Gasteiger partial charge in [-0.1, -0.05) is 30.3 Å². The van der Waals surface area contributed by atoms with Gasteiger partial charge in [0.1, 0.15) is 6.61 Å². The number of ether oxygens (including phenoxy) is 2. The van der Waals surface area contributed by atoms with E-state index in [0.717, 1.165) is 17.1 Å². The van der Waals surface area contributed by atoms with Crippen LogP contribution in [-0.4, -0.2) is 6.61 Å². The molecule has 0 aliphatic heterocycles. The minimum Gasteiger partial charge on any atom is -0.490 e. The third-order valence-electron chi connectivity index (χ3n) is 3.10. The molecule has 2 rings (SSSR count). The van der Waals surface area contributed by atoms with Crippen molar-refractivity contribution in [1.29, 1.82) is 0 Å². The Morgan fingerprint density at radius 3 is 2.00 bits per heavy atom. The van der Waals surface area contributed by atoms with E-state index in [1.807, 2.05) is 37.3 Å². The van der Waals surface area contributed by atoms with Crippen molar-refractivity contribution in [2.75, 3.05) is 6.61 Å². The van der Waals surface area contributed by atoms with E-state index in [0.29, 0.717) is 13.2 Å². The molecular formula is C17H20O2. The van der Waals surface area contributed by atoms with Crippen molar-refractivity contribution in [3.8, 4) is 11.5 Å². The predicted octanol–water partition coefficient (Wildman–Crippen LogP) is 4.28. The number of hydrogen-bond acceptors (Lipinski definition) is 2. The highest BCUT2D eigenvalue weighted by molar-refractivity contribution is 5.46. The second-order valence-corrected chi connectivity index (χ2v) is 4.59. The molecule has 0 fully saturated rings. The Balaban J connectivity index is 2.16. The van der Waals surface area contributed by atoms with Crippen LogP contribution in [0.1, 0.15) is 23.6 Å². The first kappa shape index (κ1) is 13.5. The molecule has 0 heterocycles. The highest BCUT2D eigenvalue weighted by Crippen LogP contribution is 2.31. The SMILES string of the molecule is CCOc1cc(C)c(C)cc1OCc1ccccc1. The molecule has 0 aliphatic rings. The van der Waals surface area contributed by atoms with Gasteiger partial charge < -0.3 is 9.47 Å². The summed E-state index contributed by atoms with van der Waals surface area (Å²) in [5.74, 6) is 1.63. The summed E-state index contributed by atoms with van der Waals surface area (Å²) in [6.45, 7) is 7.35. The molecule has 0 aromatic heterocycles. The number of rotatable bonds is 5. The fourth-order valence-corrected chi connectivity index (χ4v) is 1.88. The van der Waals surface area contributed by atoms with Gasteiger partial charge in [0, 0.05) is 0 Å². The topological polar surface area (TPSA) is 18.5 Å². The molecule has 2 nitrogen and oxygen atoms in total. The van der Waals surface area contributed by atoms with E-state index < -0.39 is 0 Å². The Morgan fingerprint density at radius 2 is 1.42 bits per heavy atom. The Labute approximate surface area is 115 Å². The van der Waals surface area contributed by atoms with E-state index in [1.54, 1.807) is 0 Å². The standard InChI is InChI=1S/C17H20O2/c1-4-18-16-10-13(2)14(3)11-17(16)19-12-15-8-6-5-7-9-15/h5-11H,4,12H2,1-3H3. The molecule has 0 radical (unpaired) electrons. The summed E-state index contributed by atoms with van der Waals surface area (Å²) in [7, 11) is 0. The van der Waals surface area contributed by atoms with Gasteiger partial charge in [0.2, 0.25) is 0 Å². The molecule has 0 saturated heterocycles. The first-order chi connectivity index (χ1) is 9.20. The van der Waals surface area contributed by atoms with Crippen LogP contribution in [0.5, 0.6) is 11.5 Å². The molecule has 100 valence electrons. The van der Waals surface area contributed by atoms with E-state index in [9.17, 15) is 0 Å². The second kappa shape index (κ2) is 6.28. The Bertz CT molecular complexity index is 532. The van der Waals surface area contributed by atoms with Gasteiger partial charge in [-0.25, -0.2) is 0 Å². The van der Waals surface area contributed by atoms with Crippen LogP contribution >= 0.6 is 0 Å². The monoisotopic (exact) mass is 256 g/mol. The molecule has 0 aliphatic carbocycles. The van der Waals surface area contributed by atoms with Gasteiger partial charge in [-0.15, -0.1) is 0 Å². The smallest absolute Gasteiger partial charge is 0.161 e. The average Bonchev–Trinajstić information content (AvgIpc) is 2.42.